The Bertz CT molecular complexity index is 866. The van der Waals surface area contributed by atoms with Crippen molar-refractivity contribution in [1.82, 2.24) is 15.2 Å². The average Bonchev–Trinajstić information content (AvgIpc) is 2.71. The molecule has 3 aliphatic heterocycles. The second kappa shape index (κ2) is 7.71. The van der Waals surface area contributed by atoms with Gasteiger partial charge in [0.2, 0.25) is 0 Å². The molecule has 138 valence electrons. The van der Waals surface area contributed by atoms with E-state index < -0.39 is 0 Å². The molecule has 0 saturated carbocycles. The fourth-order valence-electron chi connectivity index (χ4n) is 4.13. The van der Waals surface area contributed by atoms with Gasteiger partial charge in [-0.05, 0) is 75.2 Å². The Morgan fingerprint density at radius 2 is 1.96 bits per heavy atom. The Morgan fingerprint density at radius 3 is 2.63 bits per heavy atom. The molecule has 2 bridgehead atoms. The number of nitrogens with one attached hydrogen (secondary N) is 1. The van der Waals surface area contributed by atoms with Crippen molar-refractivity contribution in [2.24, 2.45) is 5.92 Å². The van der Waals surface area contributed by atoms with Crippen molar-refractivity contribution in [2.75, 3.05) is 13.1 Å². The van der Waals surface area contributed by atoms with Crippen molar-refractivity contribution in [3.63, 3.8) is 0 Å². The zero-order valence-corrected chi connectivity index (χ0v) is 16.1. The largest absolute Gasteiger partial charge is 0.347 e. The van der Waals surface area contributed by atoms with Crippen LogP contribution in [0.4, 0.5) is 0 Å². The number of aromatic nitrogens is 1. The van der Waals surface area contributed by atoms with Crippen molar-refractivity contribution >= 4 is 17.7 Å². The molecule has 3 aliphatic rings. The number of hydrogen-bond donors (Lipinski definition) is 1. The molecular formula is C21H22N4OS. The summed E-state index contributed by atoms with van der Waals surface area (Å²) >= 11 is 1.55. The number of carbonyl (C=O) groups excluding carboxylic acids is 1. The topological polar surface area (TPSA) is 69.0 Å². The van der Waals surface area contributed by atoms with E-state index in [1.807, 2.05) is 30.3 Å². The van der Waals surface area contributed by atoms with Gasteiger partial charge in [-0.25, -0.2) is 4.98 Å². The van der Waals surface area contributed by atoms with Gasteiger partial charge in [0.15, 0.2) is 0 Å². The number of hydrogen-bond acceptors (Lipinski definition) is 5. The van der Waals surface area contributed by atoms with E-state index in [1.54, 1.807) is 24.0 Å². The summed E-state index contributed by atoms with van der Waals surface area (Å²) in [7, 11) is 0. The van der Waals surface area contributed by atoms with E-state index in [9.17, 15) is 4.79 Å². The number of rotatable bonds is 4. The van der Waals surface area contributed by atoms with Gasteiger partial charge in [0.05, 0.1) is 0 Å². The molecule has 4 heterocycles. The zero-order valence-electron chi connectivity index (χ0n) is 15.3. The quantitative estimate of drug-likeness (QED) is 0.884. The van der Waals surface area contributed by atoms with Crippen LogP contribution >= 0.6 is 11.8 Å². The summed E-state index contributed by atoms with van der Waals surface area (Å²) in [5.41, 5.74) is 1.10. The molecule has 0 radical (unpaired) electrons. The molecule has 1 aromatic heterocycles. The second-order valence-corrected chi connectivity index (χ2v) is 8.38. The maximum Gasteiger partial charge on any atom is 0.251 e. The van der Waals surface area contributed by atoms with Gasteiger partial charge in [0, 0.05) is 33.6 Å². The smallest absolute Gasteiger partial charge is 0.251 e. The van der Waals surface area contributed by atoms with E-state index >= 15 is 0 Å². The molecule has 2 aromatic rings. The highest BCUT2D eigenvalue weighted by Crippen LogP contribution is 2.32. The number of piperidine rings is 3. The zero-order chi connectivity index (χ0) is 18.8. The van der Waals surface area contributed by atoms with Crippen LogP contribution in [-0.4, -0.2) is 41.0 Å². The van der Waals surface area contributed by atoms with Crippen molar-refractivity contribution in [3.8, 4) is 6.07 Å². The Hall–Kier alpha value is -2.36. The van der Waals surface area contributed by atoms with Gasteiger partial charge in [-0.1, -0.05) is 11.8 Å². The first-order chi connectivity index (χ1) is 13.1. The third-order valence-electron chi connectivity index (χ3n) is 5.67. The van der Waals surface area contributed by atoms with Crippen LogP contribution < -0.4 is 5.32 Å². The van der Waals surface area contributed by atoms with E-state index in [4.69, 9.17) is 5.26 Å². The maximum absolute atomic E-state index is 12.7. The molecule has 1 aromatic carbocycles. The van der Waals surface area contributed by atoms with Crippen molar-refractivity contribution < 1.29 is 4.79 Å². The first kappa shape index (κ1) is 18.0. The summed E-state index contributed by atoms with van der Waals surface area (Å²) in [5.74, 6) is 0.609. The van der Waals surface area contributed by atoms with Crippen LogP contribution in [0.25, 0.3) is 0 Å². The van der Waals surface area contributed by atoms with Gasteiger partial charge >= 0.3 is 0 Å². The molecule has 0 aliphatic carbocycles. The van der Waals surface area contributed by atoms with Crippen molar-refractivity contribution in [3.05, 3.63) is 53.9 Å². The van der Waals surface area contributed by atoms with Gasteiger partial charge < -0.3 is 5.32 Å². The van der Waals surface area contributed by atoms with Gasteiger partial charge in [-0.15, -0.1) is 0 Å². The number of benzene rings is 1. The minimum atomic E-state index is 0.00725. The predicted octanol–water partition coefficient (Wildman–Crippen LogP) is 3.32. The Labute approximate surface area is 163 Å². The fourth-order valence-corrected chi connectivity index (χ4v) is 4.97. The Kier molecular flexibility index (Phi) is 5.15. The fraction of sp³-hybridized carbons (Fsp3) is 0.381. The number of fused-ring (bicyclic) bond motifs is 3. The standard InChI is InChI=1S/C21H22N4OS/c1-14-20(15-7-10-25(14)11-8-15)24-21(26)16-2-4-18(5-3-16)27-19-6-9-23-17(12-19)13-22/h2-6,9,12,14-15,20H,7-8,10-11H2,1H3,(H,24,26). The van der Waals surface area contributed by atoms with Crippen LogP contribution in [0.1, 0.15) is 35.8 Å². The first-order valence-electron chi connectivity index (χ1n) is 9.33. The molecular weight excluding hydrogens is 356 g/mol. The minimum Gasteiger partial charge on any atom is -0.347 e. The third kappa shape index (κ3) is 3.85. The molecule has 1 amide bonds. The summed E-state index contributed by atoms with van der Waals surface area (Å²) in [5, 5.41) is 12.2. The van der Waals surface area contributed by atoms with Crippen molar-refractivity contribution in [2.45, 2.75) is 41.6 Å². The number of pyridine rings is 1. The highest BCUT2D eigenvalue weighted by atomic mass is 32.2. The molecule has 3 fully saturated rings. The number of carbonyl (C=O) groups is 1. The Balaban J connectivity index is 1.41. The minimum absolute atomic E-state index is 0.00725. The molecule has 5 nitrogen and oxygen atoms in total. The molecule has 0 spiro atoms. The van der Waals surface area contributed by atoms with Crippen LogP contribution in [0.2, 0.25) is 0 Å². The molecule has 1 N–H and O–H groups in total. The van der Waals surface area contributed by atoms with Crippen LogP contribution in [0.3, 0.4) is 0 Å². The van der Waals surface area contributed by atoms with Crippen LogP contribution in [0.5, 0.6) is 0 Å². The summed E-state index contributed by atoms with van der Waals surface area (Å²) in [6.07, 6.45) is 4.00. The van der Waals surface area contributed by atoms with Crippen LogP contribution in [-0.2, 0) is 0 Å². The maximum atomic E-state index is 12.7. The Morgan fingerprint density at radius 1 is 1.22 bits per heavy atom. The van der Waals surface area contributed by atoms with Crippen molar-refractivity contribution in [1.29, 1.82) is 5.26 Å². The van der Waals surface area contributed by atoms with E-state index in [2.05, 4.69) is 28.2 Å². The van der Waals surface area contributed by atoms with Crippen LogP contribution in [0, 0.1) is 17.2 Å². The highest BCUT2D eigenvalue weighted by Gasteiger charge is 2.40. The highest BCUT2D eigenvalue weighted by molar-refractivity contribution is 7.99. The molecule has 2 unspecified atom stereocenters. The van der Waals surface area contributed by atoms with Gasteiger partial charge in [-0.2, -0.15) is 5.26 Å². The lowest BCUT2D eigenvalue weighted by molar-refractivity contribution is 0.0217. The summed E-state index contributed by atoms with van der Waals surface area (Å²) in [4.78, 5) is 21.2. The summed E-state index contributed by atoms with van der Waals surface area (Å²) in [6, 6.07) is 14.0. The predicted molar refractivity (Wildman–Crippen MR) is 105 cm³/mol. The van der Waals surface area contributed by atoms with Gasteiger partial charge in [0.25, 0.3) is 5.91 Å². The number of nitriles is 1. The van der Waals surface area contributed by atoms with Gasteiger partial charge in [-0.3, -0.25) is 9.69 Å². The lowest BCUT2D eigenvalue weighted by Gasteiger charge is -2.49. The van der Waals surface area contributed by atoms with E-state index in [1.165, 1.54) is 12.8 Å². The average molecular weight is 379 g/mol. The lowest BCUT2D eigenvalue weighted by Crippen LogP contribution is -2.62. The molecule has 2 atom stereocenters. The molecule has 3 saturated heterocycles. The number of amides is 1. The van der Waals surface area contributed by atoms with E-state index in [0.29, 0.717) is 23.2 Å². The van der Waals surface area contributed by atoms with E-state index in [-0.39, 0.29) is 11.9 Å². The normalized spacial score (nSPS) is 26.4. The lowest BCUT2D eigenvalue weighted by atomic mass is 9.79. The molecule has 5 rings (SSSR count). The van der Waals surface area contributed by atoms with Crippen LogP contribution in [0.15, 0.2) is 52.4 Å². The monoisotopic (exact) mass is 378 g/mol. The molecule has 6 heteroatoms. The van der Waals surface area contributed by atoms with E-state index in [0.717, 1.165) is 22.9 Å². The second-order valence-electron chi connectivity index (χ2n) is 7.23. The third-order valence-corrected chi connectivity index (χ3v) is 6.67. The molecule has 27 heavy (non-hydrogen) atoms. The SMILES string of the molecule is CC1C(NC(=O)c2ccc(Sc3ccnc(C#N)c3)cc2)C2CCN1CC2. The first-order valence-corrected chi connectivity index (χ1v) is 10.1. The summed E-state index contributed by atoms with van der Waals surface area (Å²) < 4.78 is 0. The van der Waals surface area contributed by atoms with Gasteiger partial charge in [0.1, 0.15) is 11.8 Å². The number of nitrogens with zero attached hydrogens (tertiary/aromatic N) is 3. The summed E-state index contributed by atoms with van der Waals surface area (Å²) in [6.45, 7) is 4.54.